The maximum absolute atomic E-state index is 11.9. The lowest BCUT2D eigenvalue weighted by Crippen LogP contribution is -2.33. The van der Waals surface area contributed by atoms with Gasteiger partial charge in [0.15, 0.2) is 0 Å². The molecule has 1 heterocycles. The Balaban J connectivity index is 1.87. The molecule has 1 saturated heterocycles. The first kappa shape index (κ1) is 14.2. The second kappa shape index (κ2) is 6.82. The maximum Gasteiger partial charge on any atom is 0.321 e. The highest BCUT2D eigenvalue weighted by molar-refractivity contribution is 7.98. The molecule has 0 aromatic heterocycles. The van der Waals surface area contributed by atoms with Gasteiger partial charge in [-0.3, -0.25) is 0 Å². The smallest absolute Gasteiger partial charge is 0.321 e. The summed E-state index contributed by atoms with van der Waals surface area (Å²) in [6, 6.07) is 7.82. The van der Waals surface area contributed by atoms with Crippen LogP contribution in [0.15, 0.2) is 24.3 Å². The number of hydrogen-bond donors (Lipinski definition) is 2. The van der Waals surface area contributed by atoms with Crippen molar-refractivity contribution in [2.24, 2.45) is 0 Å². The lowest BCUT2D eigenvalue weighted by molar-refractivity contribution is 0.176. The number of benzene rings is 1. The highest BCUT2D eigenvalue weighted by Gasteiger charge is 2.24. The van der Waals surface area contributed by atoms with Gasteiger partial charge in [0, 0.05) is 18.8 Å². The SMILES string of the molecule is CSCCc1ccc(NC(=O)N2CC[C@H](O)C2)cc1. The number of amides is 2. The molecule has 1 aliphatic rings. The number of aliphatic hydroxyl groups excluding tert-OH is 1. The van der Waals surface area contributed by atoms with Crippen molar-refractivity contribution in [3.05, 3.63) is 29.8 Å². The van der Waals surface area contributed by atoms with E-state index in [4.69, 9.17) is 0 Å². The van der Waals surface area contributed by atoms with Gasteiger partial charge in [-0.05, 0) is 42.5 Å². The van der Waals surface area contributed by atoms with E-state index in [9.17, 15) is 9.90 Å². The third kappa shape index (κ3) is 4.14. The summed E-state index contributed by atoms with van der Waals surface area (Å²) in [4.78, 5) is 13.6. The van der Waals surface area contributed by atoms with Crippen molar-refractivity contribution in [3.8, 4) is 0 Å². The molecule has 1 fully saturated rings. The minimum absolute atomic E-state index is 0.131. The third-order valence-electron chi connectivity index (χ3n) is 3.25. The molecule has 1 aliphatic heterocycles. The number of thioether (sulfide) groups is 1. The molecule has 1 aromatic rings. The van der Waals surface area contributed by atoms with Crippen molar-refractivity contribution < 1.29 is 9.90 Å². The lowest BCUT2D eigenvalue weighted by Gasteiger charge is -2.16. The number of aliphatic hydroxyl groups is 1. The average Bonchev–Trinajstić information content (AvgIpc) is 2.85. The molecule has 2 amide bonds. The van der Waals surface area contributed by atoms with Crippen molar-refractivity contribution in [1.29, 1.82) is 0 Å². The van der Waals surface area contributed by atoms with Crippen molar-refractivity contribution in [2.75, 3.05) is 30.4 Å². The minimum atomic E-state index is -0.375. The molecule has 4 nitrogen and oxygen atoms in total. The summed E-state index contributed by atoms with van der Waals surface area (Å²) in [5, 5.41) is 12.3. The van der Waals surface area contributed by atoms with Crippen LogP contribution in [0.2, 0.25) is 0 Å². The standard InChI is InChI=1S/C14H20N2O2S/c1-19-9-7-11-2-4-12(5-3-11)15-14(18)16-8-6-13(17)10-16/h2-5,13,17H,6-10H2,1H3,(H,15,18)/t13-/m0/s1. The number of aryl methyl sites for hydroxylation is 1. The van der Waals surface area contributed by atoms with Crippen molar-refractivity contribution in [3.63, 3.8) is 0 Å². The van der Waals surface area contributed by atoms with E-state index in [0.717, 1.165) is 17.9 Å². The molecule has 1 atom stereocenters. The highest BCUT2D eigenvalue weighted by Crippen LogP contribution is 2.14. The average molecular weight is 280 g/mol. The van der Waals surface area contributed by atoms with Crippen LogP contribution < -0.4 is 5.32 Å². The van der Waals surface area contributed by atoms with E-state index in [2.05, 4.69) is 11.6 Å². The minimum Gasteiger partial charge on any atom is -0.391 e. The molecule has 0 bridgehead atoms. The van der Waals surface area contributed by atoms with Gasteiger partial charge in [0.2, 0.25) is 0 Å². The Hall–Kier alpha value is -1.20. The number of anilines is 1. The predicted molar refractivity (Wildman–Crippen MR) is 79.7 cm³/mol. The monoisotopic (exact) mass is 280 g/mol. The molecule has 104 valence electrons. The van der Waals surface area contributed by atoms with Gasteiger partial charge in [-0.25, -0.2) is 4.79 Å². The molecular weight excluding hydrogens is 260 g/mol. The number of nitrogens with one attached hydrogen (secondary N) is 1. The van der Waals surface area contributed by atoms with Crippen LogP contribution in [0.25, 0.3) is 0 Å². The van der Waals surface area contributed by atoms with Gasteiger partial charge in [-0.15, -0.1) is 0 Å². The summed E-state index contributed by atoms with van der Waals surface area (Å²) in [6.45, 7) is 1.05. The van der Waals surface area contributed by atoms with E-state index in [-0.39, 0.29) is 12.1 Å². The van der Waals surface area contributed by atoms with E-state index >= 15 is 0 Å². The Morgan fingerprint density at radius 1 is 1.47 bits per heavy atom. The van der Waals surface area contributed by atoms with Crippen LogP contribution in [0.5, 0.6) is 0 Å². The zero-order valence-electron chi connectivity index (χ0n) is 11.1. The molecule has 0 aliphatic carbocycles. The van der Waals surface area contributed by atoms with Crippen molar-refractivity contribution >= 4 is 23.5 Å². The highest BCUT2D eigenvalue weighted by atomic mass is 32.2. The summed E-state index contributed by atoms with van der Waals surface area (Å²) in [6.07, 6.45) is 3.44. The van der Waals surface area contributed by atoms with Gasteiger partial charge < -0.3 is 15.3 Å². The number of likely N-dealkylation sites (tertiary alicyclic amines) is 1. The number of carbonyl (C=O) groups is 1. The van der Waals surface area contributed by atoms with Gasteiger partial charge in [-0.1, -0.05) is 12.1 Å². The van der Waals surface area contributed by atoms with Crippen LogP contribution in [-0.4, -0.2) is 47.2 Å². The zero-order chi connectivity index (χ0) is 13.7. The Kier molecular flexibility index (Phi) is 5.10. The Labute approximate surface area is 118 Å². The second-order valence-corrected chi connectivity index (χ2v) is 5.74. The van der Waals surface area contributed by atoms with Crippen LogP contribution in [-0.2, 0) is 6.42 Å². The molecule has 0 saturated carbocycles. The van der Waals surface area contributed by atoms with Gasteiger partial charge in [0.25, 0.3) is 0 Å². The molecule has 2 N–H and O–H groups in total. The Morgan fingerprint density at radius 3 is 2.79 bits per heavy atom. The molecule has 5 heteroatoms. The number of carbonyl (C=O) groups excluding carboxylic acids is 1. The fourth-order valence-electron chi connectivity index (χ4n) is 2.10. The van der Waals surface area contributed by atoms with E-state index in [0.29, 0.717) is 19.5 Å². The van der Waals surface area contributed by atoms with E-state index in [1.807, 2.05) is 36.0 Å². The van der Waals surface area contributed by atoms with Gasteiger partial charge >= 0.3 is 6.03 Å². The number of hydrogen-bond acceptors (Lipinski definition) is 3. The molecule has 0 spiro atoms. The van der Waals surface area contributed by atoms with Gasteiger partial charge in [0.1, 0.15) is 0 Å². The molecule has 2 rings (SSSR count). The summed E-state index contributed by atoms with van der Waals surface area (Å²) >= 11 is 1.83. The van der Waals surface area contributed by atoms with Crippen LogP contribution in [0.1, 0.15) is 12.0 Å². The summed E-state index contributed by atoms with van der Waals surface area (Å²) < 4.78 is 0. The predicted octanol–water partition coefficient (Wildman–Crippen LogP) is 2.19. The summed E-state index contributed by atoms with van der Waals surface area (Å²) in [7, 11) is 0. The first-order valence-corrected chi connectivity index (χ1v) is 7.90. The van der Waals surface area contributed by atoms with Crippen molar-refractivity contribution in [2.45, 2.75) is 18.9 Å². The zero-order valence-corrected chi connectivity index (χ0v) is 11.9. The quantitative estimate of drug-likeness (QED) is 0.889. The molecule has 1 aromatic carbocycles. The third-order valence-corrected chi connectivity index (χ3v) is 3.86. The Morgan fingerprint density at radius 2 is 2.21 bits per heavy atom. The normalized spacial score (nSPS) is 18.6. The molecule has 0 unspecified atom stereocenters. The maximum atomic E-state index is 11.9. The number of β-amino-alcohol motifs (C(OH)–C–C–N with tert-alkyl or cyclic N) is 1. The van der Waals surface area contributed by atoms with Crippen molar-refractivity contribution in [1.82, 2.24) is 4.90 Å². The van der Waals surface area contributed by atoms with Crippen LogP contribution in [0.3, 0.4) is 0 Å². The first-order chi connectivity index (χ1) is 9.19. The van der Waals surface area contributed by atoms with E-state index < -0.39 is 0 Å². The molecular formula is C14H20N2O2S. The first-order valence-electron chi connectivity index (χ1n) is 6.51. The van der Waals surface area contributed by atoms with Crippen LogP contribution in [0, 0.1) is 0 Å². The number of nitrogens with zero attached hydrogens (tertiary/aromatic N) is 1. The topological polar surface area (TPSA) is 52.6 Å². The fourth-order valence-corrected chi connectivity index (χ4v) is 2.54. The van der Waals surface area contributed by atoms with Gasteiger partial charge in [-0.2, -0.15) is 11.8 Å². The molecule has 0 radical (unpaired) electrons. The molecule has 19 heavy (non-hydrogen) atoms. The number of urea groups is 1. The van der Waals surface area contributed by atoms with Gasteiger partial charge in [0.05, 0.1) is 6.10 Å². The lowest BCUT2D eigenvalue weighted by atomic mass is 10.1. The number of rotatable bonds is 4. The largest absolute Gasteiger partial charge is 0.391 e. The van der Waals surface area contributed by atoms with Crippen LogP contribution in [0.4, 0.5) is 10.5 Å². The summed E-state index contributed by atoms with van der Waals surface area (Å²) in [5.41, 5.74) is 2.09. The van der Waals surface area contributed by atoms with Crippen LogP contribution >= 0.6 is 11.8 Å². The summed E-state index contributed by atoms with van der Waals surface area (Å²) in [5.74, 6) is 1.11. The second-order valence-electron chi connectivity index (χ2n) is 4.76. The Bertz CT molecular complexity index is 422. The fraction of sp³-hybridized carbons (Fsp3) is 0.500. The van der Waals surface area contributed by atoms with E-state index in [1.54, 1.807) is 4.90 Å². The van der Waals surface area contributed by atoms with E-state index in [1.165, 1.54) is 5.56 Å².